The van der Waals surface area contributed by atoms with Gasteiger partial charge >= 0.3 is 0 Å². The molecule has 0 saturated heterocycles. The van der Waals surface area contributed by atoms with E-state index in [2.05, 4.69) is 24.1 Å². The SMILES string of the molecule is CCN(CC)C(CNC(=O)c1occc1CN1C(=O)Cc2ccccc21)c1cccc(OC)c1. The first-order chi connectivity index (χ1) is 16.5. The normalized spacial score (nSPS) is 13.8. The summed E-state index contributed by atoms with van der Waals surface area (Å²) in [6.07, 6.45) is 1.88. The number of nitrogens with one attached hydrogen (secondary N) is 1. The van der Waals surface area contributed by atoms with E-state index in [1.807, 2.05) is 48.5 Å². The number of carbonyl (C=O) groups excluding carboxylic acids is 2. The molecule has 7 nitrogen and oxygen atoms in total. The zero-order chi connectivity index (χ0) is 24.1. The lowest BCUT2D eigenvalue weighted by atomic mass is 10.0. The summed E-state index contributed by atoms with van der Waals surface area (Å²) in [5.41, 5.74) is 3.65. The lowest BCUT2D eigenvalue weighted by molar-refractivity contribution is -0.117. The van der Waals surface area contributed by atoms with Gasteiger partial charge in [-0.05, 0) is 48.5 Å². The number of fused-ring (bicyclic) bond motifs is 1. The van der Waals surface area contributed by atoms with E-state index in [-0.39, 0.29) is 23.6 Å². The molecule has 0 aliphatic carbocycles. The quantitative estimate of drug-likeness (QED) is 0.490. The number of likely N-dealkylation sites (N-methyl/N-ethyl adjacent to an activating group) is 1. The van der Waals surface area contributed by atoms with Gasteiger partial charge in [0.15, 0.2) is 5.76 Å². The second-order valence-corrected chi connectivity index (χ2v) is 8.28. The number of hydrogen-bond donors (Lipinski definition) is 1. The molecule has 0 spiro atoms. The molecule has 1 N–H and O–H groups in total. The van der Waals surface area contributed by atoms with Crippen molar-refractivity contribution in [3.8, 4) is 5.75 Å². The molecule has 1 unspecified atom stereocenters. The van der Waals surface area contributed by atoms with Gasteiger partial charge in [0.05, 0.1) is 32.4 Å². The number of ether oxygens (including phenoxy) is 1. The maximum atomic E-state index is 13.1. The lowest BCUT2D eigenvalue weighted by Gasteiger charge is -2.30. The van der Waals surface area contributed by atoms with Gasteiger partial charge < -0.3 is 19.4 Å². The molecule has 0 saturated carbocycles. The predicted molar refractivity (Wildman–Crippen MR) is 131 cm³/mol. The highest BCUT2D eigenvalue weighted by molar-refractivity contribution is 6.01. The summed E-state index contributed by atoms with van der Waals surface area (Å²) >= 11 is 0. The van der Waals surface area contributed by atoms with Crippen molar-refractivity contribution in [2.24, 2.45) is 0 Å². The molecule has 0 bridgehead atoms. The minimum Gasteiger partial charge on any atom is -0.497 e. The smallest absolute Gasteiger partial charge is 0.287 e. The third-order valence-electron chi connectivity index (χ3n) is 6.39. The van der Waals surface area contributed by atoms with Crippen molar-refractivity contribution in [1.82, 2.24) is 10.2 Å². The summed E-state index contributed by atoms with van der Waals surface area (Å²) in [6.45, 7) is 6.61. The molecule has 7 heteroatoms. The summed E-state index contributed by atoms with van der Waals surface area (Å²) in [7, 11) is 1.65. The zero-order valence-electron chi connectivity index (χ0n) is 19.9. The fourth-order valence-electron chi connectivity index (χ4n) is 4.56. The van der Waals surface area contributed by atoms with Gasteiger partial charge in [-0.1, -0.05) is 44.2 Å². The van der Waals surface area contributed by atoms with Gasteiger partial charge in [0.2, 0.25) is 5.91 Å². The molecule has 3 aromatic rings. The molecular weight excluding hydrogens is 430 g/mol. The highest BCUT2D eigenvalue weighted by atomic mass is 16.5. The highest BCUT2D eigenvalue weighted by Gasteiger charge is 2.29. The minimum atomic E-state index is -0.292. The number of hydrogen-bond acceptors (Lipinski definition) is 5. The fourth-order valence-corrected chi connectivity index (χ4v) is 4.56. The molecule has 4 rings (SSSR count). The molecule has 0 radical (unpaired) electrons. The van der Waals surface area contributed by atoms with E-state index >= 15 is 0 Å². The molecule has 34 heavy (non-hydrogen) atoms. The lowest BCUT2D eigenvalue weighted by Crippen LogP contribution is -2.38. The number of carbonyl (C=O) groups is 2. The Morgan fingerprint density at radius 3 is 2.71 bits per heavy atom. The van der Waals surface area contributed by atoms with E-state index in [4.69, 9.17) is 9.15 Å². The maximum Gasteiger partial charge on any atom is 0.287 e. The molecule has 2 amide bonds. The van der Waals surface area contributed by atoms with Crippen molar-refractivity contribution in [2.45, 2.75) is 32.9 Å². The Hall–Kier alpha value is -3.58. The summed E-state index contributed by atoms with van der Waals surface area (Å²) in [6, 6.07) is 17.4. The molecule has 2 heterocycles. The fraction of sp³-hybridized carbons (Fsp3) is 0.333. The summed E-state index contributed by atoms with van der Waals surface area (Å²) < 4.78 is 11.0. The van der Waals surface area contributed by atoms with E-state index in [9.17, 15) is 9.59 Å². The number of methoxy groups -OCH3 is 1. The van der Waals surface area contributed by atoms with Crippen molar-refractivity contribution < 1.29 is 18.7 Å². The van der Waals surface area contributed by atoms with Crippen molar-refractivity contribution in [2.75, 3.05) is 31.6 Å². The first kappa shape index (κ1) is 23.6. The van der Waals surface area contributed by atoms with E-state index in [0.29, 0.717) is 25.1 Å². The summed E-state index contributed by atoms with van der Waals surface area (Å²) in [4.78, 5) is 29.7. The Balaban J connectivity index is 1.49. The van der Waals surface area contributed by atoms with Crippen molar-refractivity contribution >= 4 is 17.5 Å². The van der Waals surface area contributed by atoms with Gasteiger partial charge in [0, 0.05) is 17.8 Å². The maximum absolute atomic E-state index is 13.1. The van der Waals surface area contributed by atoms with Gasteiger partial charge in [-0.15, -0.1) is 0 Å². The third-order valence-corrected chi connectivity index (χ3v) is 6.39. The molecule has 2 aromatic carbocycles. The van der Waals surface area contributed by atoms with Crippen LogP contribution in [-0.2, 0) is 17.8 Å². The predicted octanol–water partition coefficient (Wildman–Crippen LogP) is 4.19. The first-order valence-electron chi connectivity index (χ1n) is 11.7. The molecule has 1 atom stereocenters. The van der Waals surface area contributed by atoms with Crippen LogP contribution in [0.1, 0.15) is 47.1 Å². The second-order valence-electron chi connectivity index (χ2n) is 8.28. The minimum absolute atomic E-state index is 0.0144. The zero-order valence-corrected chi connectivity index (χ0v) is 19.9. The van der Waals surface area contributed by atoms with Crippen LogP contribution in [0.15, 0.2) is 65.3 Å². The van der Waals surface area contributed by atoms with E-state index in [1.54, 1.807) is 18.1 Å². The molecular formula is C27H31N3O4. The number of anilines is 1. The van der Waals surface area contributed by atoms with Crippen LogP contribution in [0.25, 0.3) is 0 Å². The Morgan fingerprint density at radius 1 is 1.15 bits per heavy atom. The molecule has 0 fully saturated rings. The number of amides is 2. The van der Waals surface area contributed by atoms with Crippen molar-refractivity contribution in [3.63, 3.8) is 0 Å². The van der Waals surface area contributed by atoms with Crippen LogP contribution in [0.5, 0.6) is 5.75 Å². The van der Waals surface area contributed by atoms with Gasteiger partial charge in [-0.3, -0.25) is 14.5 Å². The topological polar surface area (TPSA) is 75.0 Å². The monoisotopic (exact) mass is 461 g/mol. The molecule has 178 valence electrons. The van der Waals surface area contributed by atoms with Crippen LogP contribution in [0, 0.1) is 0 Å². The van der Waals surface area contributed by atoms with Crippen molar-refractivity contribution in [3.05, 3.63) is 83.3 Å². The van der Waals surface area contributed by atoms with E-state index < -0.39 is 0 Å². The highest BCUT2D eigenvalue weighted by Crippen LogP contribution is 2.31. The van der Waals surface area contributed by atoms with Gasteiger partial charge in [-0.2, -0.15) is 0 Å². The average Bonchev–Trinajstić information content (AvgIpc) is 3.46. The first-order valence-corrected chi connectivity index (χ1v) is 11.7. The second kappa shape index (κ2) is 10.6. The molecule has 1 aliphatic heterocycles. The standard InChI is InChI=1S/C27H31N3O4/c1-4-29(5-2)24(19-10-8-11-22(15-19)33-3)17-28-27(32)26-21(13-14-34-26)18-30-23-12-7-6-9-20(23)16-25(30)31/h6-15,24H,4-5,16-18H2,1-3H3,(H,28,32). The number of para-hydroxylation sites is 1. The van der Waals surface area contributed by atoms with Crippen LogP contribution in [0.3, 0.4) is 0 Å². The van der Waals surface area contributed by atoms with Gasteiger partial charge in [0.25, 0.3) is 5.91 Å². The number of furan rings is 1. The van der Waals surface area contributed by atoms with Crippen molar-refractivity contribution in [1.29, 1.82) is 0 Å². The van der Waals surface area contributed by atoms with Crippen LogP contribution < -0.4 is 15.0 Å². The van der Waals surface area contributed by atoms with Crippen LogP contribution in [0.4, 0.5) is 5.69 Å². The number of rotatable bonds is 10. The Labute approximate surface area is 200 Å². The Bertz CT molecular complexity index is 1150. The largest absolute Gasteiger partial charge is 0.497 e. The Morgan fingerprint density at radius 2 is 1.94 bits per heavy atom. The third kappa shape index (κ3) is 4.84. The number of benzene rings is 2. The van der Waals surface area contributed by atoms with Crippen LogP contribution in [0.2, 0.25) is 0 Å². The van der Waals surface area contributed by atoms with Crippen LogP contribution >= 0.6 is 0 Å². The van der Waals surface area contributed by atoms with Gasteiger partial charge in [0.1, 0.15) is 5.75 Å². The molecule has 1 aliphatic rings. The van der Waals surface area contributed by atoms with E-state index in [0.717, 1.165) is 35.7 Å². The van der Waals surface area contributed by atoms with Gasteiger partial charge in [-0.25, -0.2) is 0 Å². The Kier molecular flexibility index (Phi) is 7.33. The van der Waals surface area contributed by atoms with E-state index in [1.165, 1.54) is 6.26 Å². The van der Waals surface area contributed by atoms with Crippen LogP contribution in [-0.4, -0.2) is 43.5 Å². The summed E-state index contributed by atoms with van der Waals surface area (Å²) in [5, 5.41) is 3.05. The number of nitrogens with zero attached hydrogens (tertiary/aromatic N) is 2. The summed E-state index contributed by atoms with van der Waals surface area (Å²) in [5.74, 6) is 0.749. The average molecular weight is 462 g/mol. The molecule has 1 aromatic heterocycles.